The SMILES string of the molecule is O=C(N/N=C\c1cccc([N+](=O)[O-])c1)[C@H]1CC1(c1ccccc1)c1ccccc1. The maximum Gasteiger partial charge on any atom is 0.270 e. The van der Waals surface area contributed by atoms with Gasteiger partial charge in [-0.2, -0.15) is 5.10 Å². The van der Waals surface area contributed by atoms with Gasteiger partial charge in [-0.25, -0.2) is 5.43 Å². The van der Waals surface area contributed by atoms with Crippen molar-refractivity contribution >= 4 is 17.8 Å². The van der Waals surface area contributed by atoms with Gasteiger partial charge in [0.1, 0.15) is 0 Å². The van der Waals surface area contributed by atoms with Gasteiger partial charge in [-0.3, -0.25) is 14.9 Å². The van der Waals surface area contributed by atoms with Crippen LogP contribution in [0.15, 0.2) is 90.0 Å². The van der Waals surface area contributed by atoms with Crippen LogP contribution >= 0.6 is 0 Å². The average molecular weight is 385 g/mol. The van der Waals surface area contributed by atoms with Crippen molar-refractivity contribution in [1.82, 2.24) is 5.43 Å². The summed E-state index contributed by atoms with van der Waals surface area (Å²) >= 11 is 0. The van der Waals surface area contributed by atoms with Gasteiger partial charge in [-0.15, -0.1) is 0 Å². The second-order valence-corrected chi connectivity index (χ2v) is 7.05. The van der Waals surface area contributed by atoms with E-state index in [2.05, 4.69) is 10.5 Å². The Balaban J connectivity index is 1.52. The predicted molar refractivity (Wildman–Crippen MR) is 111 cm³/mol. The lowest BCUT2D eigenvalue weighted by Crippen LogP contribution is -2.25. The van der Waals surface area contributed by atoms with Gasteiger partial charge >= 0.3 is 0 Å². The largest absolute Gasteiger partial charge is 0.273 e. The van der Waals surface area contributed by atoms with E-state index in [1.807, 2.05) is 60.7 Å². The van der Waals surface area contributed by atoms with E-state index in [0.29, 0.717) is 12.0 Å². The molecular formula is C23H19N3O3. The number of non-ortho nitro benzene ring substituents is 1. The molecule has 3 aromatic carbocycles. The van der Waals surface area contributed by atoms with Crippen molar-refractivity contribution in [3.63, 3.8) is 0 Å². The van der Waals surface area contributed by atoms with E-state index >= 15 is 0 Å². The van der Waals surface area contributed by atoms with E-state index in [4.69, 9.17) is 0 Å². The minimum absolute atomic E-state index is 0.0189. The Morgan fingerprint density at radius 1 is 1.00 bits per heavy atom. The Morgan fingerprint density at radius 3 is 2.21 bits per heavy atom. The van der Waals surface area contributed by atoms with E-state index in [0.717, 1.165) is 11.1 Å². The monoisotopic (exact) mass is 385 g/mol. The third-order valence-electron chi connectivity index (χ3n) is 5.32. The van der Waals surface area contributed by atoms with E-state index in [9.17, 15) is 14.9 Å². The van der Waals surface area contributed by atoms with Gasteiger partial charge in [-0.1, -0.05) is 72.8 Å². The van der Waals surface area contributed by atoms with Crippen LogP contribution in [0.5, 0.6) is 0 Å². The Bertz CT molecular complexity index is 1030. The summed E-state index contributed by atoms with van der Waals surface area (Å²) in [5.74, 6) is -0.394. The van der Waals surface area contributed by atoms with Crippen LogP contribution in [-0.2, 0) is 10.2 Å². The summed E-state index contributed by atoms with van der Waals surface area (Å²) in [6.07, 6.45) is 2.12. The van der Waals surface area contributed by atoms with Gasteiger partial charge < -0.3 is 0 Å². The van der Waals surface area contributed by atoms with Crippen molar-refractivity contribution in [2.24, 2.45) is 11.0 Å². The molecule has 29 heavy (non-hydrogen) atoms. The van der Waals surface area contributed by atoms with Crippen molar-refractivity contribution in [3.8, 4) is 0 Å². The minimum Gasteiger partial charge on any atom is -0.273 e. The third kappa shape index (κ3) is 3.65. The van der Waals surface area contributed by atoms with Crippen LogP contribution in [0.1, 0.15) is 23.1 Å². The first kappa shape index (κ1) is 18.6. The molecule has 0 aromatic heterocycles. The van der Waals surface area contributed by atoms with Gasteiger partial charge in [0.05, 0.1) is 17.1 Å². The highest BCUT2D eigenvalue weighted by Gasteiger charge is 2.60. The molecule has 1 amide bonds. The van der Waals surface area contributed by atoms with Crippen LogP contribution < -0.4 is 5.43 Å². The number of hydrazone groups is 1. The molecule has 0 radical (unpaired) electrons. The van der Waals surface area contributed by atoms with Crippen molar-refractivity contribution < 1.29 is 9.72 Å². The number of carbonyl (C=O) groups excluding carboxylic acids is 1. The molecule has 0 aliphatic heterocycles. The molecule has 1 fully saturated rings. The maximum absolute atomic E-state index is 12.8. The Hall–Kier alpha value is -3.80. The minimum atomic E-state index is -0.464. The van der Waals surface area contributed by atoms with Crippen molar-refractivity contribution in [3.05, 3.63) is 112 Å². The van der Waals surface area contributed by atoms with Gasteiger partial charge in [0, 0.05) is 23.1 Å². The number of hydrogen-bond acceptors (Lipinski definition) is 4. The second kappa shape index (κ2) is 7.67. The molecule has 0 spiro atoms. The van der Waals surface area contributed by atoms with E-state index < -0.39 is 4.92 Å². The van der Waals surface area contributed by atoms with Gasteiger partial charge in [0.25, 0.3) is 5.69 Å². The van der Waals surface area contributed by atoms with E-state index in [-0.39, 0.29) is 22.9 Å². The normalized spacial score (nSPS) is 17.0. The average Bonchev–Trinajstić information content (AvgIpc) is 3.52. The first-order chi connectivity index (χ1) is 14.1. The van der Waals surface area contributed by atoms with Gasteiger partial charge in [-0.05, 0) is 17.5 Å². The number of rotatable bonds is 6. The number of nitrogens with zero attached hydrogens (tertiary/aromatic N) is 2. The summed E-state index contributed by atoms with van der Waals surface area (Å²) in [4.78, 5) is 23.2. The zero-order chi connectivity index (χ0) is 20.3. The Labute approximate surface area is 168 Å². The fourth-order valence-electron chi connectivity index (χ4n) is 3.82. The van der Waals surface area contributed by atoms with E-state index in [1.54, 1.807) is 12.1 Å². The molecule has 0 heterocycles. The first-order valence-corrected chi connectivity index (χ1v) is 9.30. The van der Waals surface area contributed by atoms with Gasteiger partial charge in [0.15, 0.2) is 0 Å². The fraction of sp³-hybridized carbons (Fsp3) is 0.130. The van der Waals surface area contributed by atoms with Gasteiger partial charge in [0.2, 0.25) is 5.91 Å². The molecule has 1 aliphatic rings. The summed E-state index contributed by atoms with van der Waals surface area (Å²) in [7, 11) is 0. The van der Waals surface area contributed by atoms with Crippen LogP contribution in [0.25, 0.3) is 0 Å². The number of nitro groups is 1. The summed E-state index contributed by atoms with van der Waals surface area (Å²) in [5, 5.41) is 14.9. The van der Waals surface area contributed by atoms with Crippen LogP contribution in [0.2, 0.25) is 0 Å². The molecule has 1 saturated carbocycles. The highest BCUT2D eigenvalue weighted by molar-refractivity contribution is 5.88. The van der Waals surface area contributed by atoms with Crippen molar-refractivity contribution in [1.29, 1.82) is 0 Å². The number of amides is 1. The lowest BCUT2D eigenvalue weighted by Gasteiger charge is -2.18. The standard InChI is InChI=1S/C23H19N3O3/c27-22(25-24-16-17-8-7-13-20(14-17)26(28)29)21-15-23(21,18-9-3-1-4-10-18)19-11-5-2-6-12-19/h1-14,16,21H,15H2,(H,25,27)/b24-16-/t21-/m1/s1. The third-order valence-corrected chi connectivity index (χ3v) is 5.32. The fourth-order valence-corrected chi connectivity index (χ4v) is 3.82. The lowest BCUT2D eigenvalue weighted by atomic mass is 9.85. The topological polar surface area (TPSA) is 84.6 Å². The predicted octanol–water partition coefficient (Wildman–Crippen LogP) is 4.05. The van der Waals surface area contributed by atoms with Crippen molar-refractivity contribution in [2.45, 2.75) is 11.8 Å². The molecule has 0 bridgehead atoms. The smallest absolute Gasteiger partial charge is 0.270 e. The molecule has 4 rings (SSSR count). The molecule has 1 aliphatic carbocycles. The Kier molecular flexibility index (Phi) is 4.91. The highest BCUT2D eigenvalue weighted by Crippen LogP contribution is 2.58. The first-order valence-electron chi connectivity index (χ1n) is 9.30. The summed E-state index contributed by atoms with van der Waals surface area (Å²) < 4.78 is 0. The number of hydrogen-bond donors (Lipinski definition) is 1. The molecular weight excluding hydrogens is 366 g/mol. The molecule has 0 unspecified atom stereocenters. The summed E-state index contributed by atoms with van der Waals surface area (Å²) in [6, 6.07) is 26.1. The molecule has 6 nitrogen and oxygen atoms in total. The highest BCUT2D eigenvalue weighted by atomic mass is 16.6. The van der Waals surface area contributed by atoms with Crippen LogP contribution in [0.3, 0.4) is 0 Å². The second-order valence-electron chi connectivity index (χ2n) is 7.05. The molecule has 144 valence electrons. The van der Waals surface area contributed by atoms with Crippen LogP contribution in [0.4, 0.5) is 5.69 Å². The van der Waals surface area contributed by atoms with E-state index in [1.165, 1.54) is 18.3 Å². The summed E-state index contributed by atoms with van der Waals surface area (Å²) in [6.45, 7) is 0. The summed E-state index contributed by atoms with van der Waals surface area (Å²) in [5.41, 5.74) is 4.98. The van der Waals surface area contributed by atoms with Crippen LogP contribution in [0, 0.1) is 16.0 Å². The number of nitrogens with one attached hydrogen (secondary N) is 1. The van der Waals surface area contributed by atoms with Crippen molar-refractivity contribution in [2.75, 3.05) is 0 Å². The molecule has 0 saturated heterocycles. The number of carbonyl (C=O) groups is 1. The number of benzene rings is 3. The molecule has 1 atom stereocenters. The molecule has 3 aromatic rings. The Morgan fingerprint density at radius 2 is 1.62 bits per heavy atom. The lowest BCUT2D eigenvalue weighted by molar-refractivity contribution is -0.384. The maximum atomic E-state index is 12.8. The van der Waals surface area contributed by atoms with Crippen LogP contribution in [-0.4, -0.2) is 17.0 Å². The zero-order valence-electron chi connectivity index (χ0n) is 15.6. The quantitative estimate of drug-likeness (QED) is 0.395. The number of nitro benzene ring substituents is 1. The zero-order valence-corrected chi connectivity index (χ0v) is 15.6. The molecule has 1 N–H and O–H groups in total. The molecule has 6 heteroatoms.